The first-order chi connectivity index (χ1) is 10.3. The third-order valence-corrected chi connectivity index (χ3v) is 3.81. The predicted molar refractivity (Wildman–Crippen MR) is 83.5 cm³/mol. The number of amides is 1. The Balaban J connectivity index is 1.59. The van der Waals surface area contributed by atoms with E-state index in [-0.39, 0.29) is 18.6 Å². The van der Waals surface area contributed by atoms with E-state index in [0.717, 1.165) is 42.5 Å². The van der Waals surface area contributed by atoms with Crippen molar-refractivity contribution in [3.63, 3.8) is 0 Å². The van der Waals surface area contributed by atoms with E-state index in [0.29, 0.717) is 0 Å². The molecule has 2 aromatic rings. The number of carbonyl (C=O) groups excluding carboxylic acids is 1. The van der Waals surface area contributed by atoms with Crippen LogP contribution in [0.15, 0.2) is 42.5 Å². The lowest BCUT2D eigenvalue weighted by molar-refractivity contribution is -0.123. The normalized spacial score (nSPS) is 15.8. The van der Waals surface area contributed by atoms with Crippen molar-refractivity contribution in [1.29, 1.82) is 0 Å². The number of piperidine rings is 1. The molecule has 1 saturated heterocycles. The second-order valence-corrected chi connectivity index (χ2v) is 5.36. The van der Waals surface area contributed by atoms with Crippen LogP contribution in [0.3, 0.4) is 0 Å². The summed E-state index contributed by atoms with van der Waals surface area (Å²) in [5.74, 6) is 0.711. The molecule has 0 saturated carbocycles. The molecule has 1 fully saturated rings. The molecular formula is C17H20N2O2. The molecule has 0 aromatic heterocycles. The van der Waals surface area contributed by atoms with Crippen LogP contribution in [0.1, 0.15) is 12.8 Å². The van der Waals surface area contributed by atoms with Gasteiger partial charge in [-0.05, 0) is 37.4 Å². The molecule has 1 aliphatic rings. The minimum atomic E-state index is -0.0464. The van der Waals surface area contributed by atoms with Gasteiger partial charge in [-0.1, -0.05) is 36.4 Å². The first kappa shape index (κ1) is 13.9. The van der Waals surface area contributed by atoms with Gasteiger partial charge in [0.05, 0.1) is 0 Å². The quantitative estimate of drug-likeness (QED) is 0.904. The van der Waals surface area contributed by atoms with Gasteiger partial charge in [0.25, 0.3) is 5.91 Å². The smallest absolute Gasteiger partial charge is 0.258 e. The van der Waals surface area contributed by atoms with Crippen molar-refractivity contribution in [2.24, 2.45) is 0 Å². The Morgan fingerprint density at radius 1 is 1.14 bits per heavy atom. The number of fused-ring (bicyclic) bond motifs is 1. The van der Waals surface area contributed by atoms with Crippen LogP contribution in [0.2, 0.25) is 0 Å². The van der Waals surface area contributed by atoms with E-state index in [4.69, 9.17) is 4.74 Å². The van der Waals surface area contributed by atoms with Crippen molar-refractivity contribution in [2.45, 2.75) is 18.9 Å². The molecule has 0 spiro atoms. The Hall–Kier alpha value is -2.07. The molecule has 0 bridgehead atoms. The maximum absolute atomic E-state index is 12.0. The number of nitrogens with one attached hydrogen (secondary N) is 2. The van der Waals surface area contributed by atoms with E-state index in [9.17, 15) is 4.79 Å². The van der Waals surface area contributed by atoms with Crippen LogP contribution in [-0.2, 0) is 4.79 Å². The van der Waals surface area contributed by atoms with Crippen LogP contribution in [-0.4, -0.2) is 31.6 Å². The summed E-state index contributed by atoms with van der Waals surface area (Å²) in [5, 5.41) is 8.47. The highest BCUT2D eigenvalue weighted by atomic mass is 16.5. The second kappa shape index (κ2) is 6.59. The van der Waals surface area contributed by atoms with Crippen LogP contribution in [0.25, 0.3) is 10.8 Å². The highest BCUT2D eigenvalue weighted by molar-refractivity contribution is 5.88. The van der Waals surface area contributed by atoms with Crippen molar-refractivity contribution in [2.75, 3.05) is 19.7 Å². The minimum Gasteiger partial charge on any atom is -0.483 e. The Morgan fingerprint density at radius 3 is 2.76 bits per heavy atom. The summed E-state index contributed by atoms with van der Waals surface area (Å²) in [6.07, 6.45) is 1.97. The van der Waals surface area contributed by atoms with E-state index >= 15 is 0 Å². The highest BCUT2D eigenvalue weighted by Gasteiger charge is 2.15. The fourth-order valence-corrected chi connectivity index (χ4v) is 2.70. The molecule has 2 N–H and O–H groups in total. The average molecular weight is 284 g/mol. The number of carbonyl (C=O) groups is 1. The minimum absolute atomic E-state index is 0.0464. The van der Waals surface area contributed by atoms with Gasteiger partial charge in [0.1, 0.15) is 5.75 Å². The summed E-state index contributed by atoms with van der Waals surface area (Å²) in [7, 11) is 0. The molecule has 0 radical (unpaired) electrons. The van der Waals surface area contributed by atoms with Crippen molar-refractivity contribution >= 4 is 16.7 Å². The third kappa shape index (κ3) is 3.52. The number of hydrogen-bond acceptors (Lipinski definition) is 3. The molecule has 0 atom stereocenters. The molecule has 1 amide bonds. The van der Waals surface area contributed by atoms with Crippen LogP contribution in [0.4, 0.5) is 0 Å². The molecule has 2 aromatic carbocycles. The molecule has 1 heterocycles. The summed E-state index contributed by atoms with van der Waals surface area (Å²) in [5.41, 5.74) is 0. The zero-order chi connectivity index (χ0) is 14.5. The SMILES string of the molecule is O=C(COc1cccc2ccccc12)NC1CCNCC1. The van der Waals surface area contributed by atoms with Gasteiger partial charge in [-0.3, -0.25) is 4.79 Å². The number of rotatable bonds is 4. The standard InChI is InChI=1S/C17H20N2O2/c20-17(19-14-8-10-18-11-9-14)12-21-16-7-3-5-13-4-1-2-6-15(13)16/h1-7,14,18H,8-12H2,(H,19,20). The molecule has 4 heteroatoms. The largest absolute Gasteiger partial charge is 0.483 e. The Morgan fingerprint density at radius 2 is 1.90 bits per heavy atom. The van der Waals surface area contributed by atoms with Gasteiger partial charge < -0.3 is 15.4 Å². The van der Waals surface area contributed by atoms with Crippen molar-refractivity contribution in [3.05, 3.63) is 42.5 Å². The zero-order valence-electron chi connectivity index (χ0n) is 12.0. The van der Waals surface area contributed by atoms with Gasteiger partial charge in [0, 0.05) is 11.4 Å². The Labute approximate surface area is 124 Å². The molecular weight excluding hydrogens is 264 g/mol. The van der Waals surface area contributed by atoms with Crippen molar-refractivity contribution < 1.29 is 9.53 Å². The first-order valence-electron chi connectivity index (χ1n) is 7.43. The van der Waals surface area contributed by atoms with Crippen molar-refractivity contribution in [3.8, 4) is 5.75 Å². The van der Waals surface area contributed by atoms with Crippen molar-refractivity contribution in [1.82, 2.24) is 10.6 Å². The van der Waals surface area contributed by atoms with E-state index < -0.39 is 0 Å². The van der Waals surface area contributed by atoms with Crippen LogP contribution in [0.5, 0.6) is 5.75 Å². The molecule has 1 aliphatic heterocycles. The maximum atomic E-state index is 12.0. The van der Waals surface area contributed by atoms with Gasteiger partial charge in [0.2, 0.25) is 0 Å². The van der Waals surface area contributed by atoms with E-state index in [1.807, 2.05) is 42.5 Å². The van der Waals surface area contributed by atoms with Gasteiger partial charge >= 0.3 is 0 Å². The van der Waals surface area contributed by atoms with Crippen LogP contribution >= 0.6 is 0 Å². The summed E-state index contributed by atoms with van der Waals surface area (Å²) < 4.78 is 5.69. The molecule has 4 nitrogen and oxygen atoms in total. The van der Waals surface area contributed by atoms with E-state index in [2.05, 4.69) is 10.6 Å². The lowest BCUT2D eigenvalue weighted by Crippen LogP contribution is -2.44. The summed E-state index contributed by atoms with van der Waals surface area (Å²) in [4.78, 5) is 12.0. The Kier molecular flexibility index (Phi) is 4.36. The summed E-state index contributed by atoms with van der Waals surface area (Å²) >= 11 is 0. The summed E-state index contributed by atoms with van der Waals surface area (Å²) in [6, 6.07) is 14.2. The predicted octanol–water partition coefficient (Wildman–Crippen LogP) is 2.09. The first-order valence-corrected chi connectivity index (χ1v) is 7.43. The third-order valence-electron chi connectivity index (χ3n) is 3.81. The van der Waals surface area contributed by atoms with Gasteiger partial charge in [0.15, 0.2) is 6.61 Å². The maximum Gasteiger partial charge on any atom is 0.258 e. The zero-order valence-corrected chi connectivity index (χ0v) is 12.0. The number of benzene rings is 2. The van der Waals surface area contributed by atoms with E-state index in [1.54, 1.807) is 0 Å². The second-order valence-electron chi connectivity index (χ2n) is 5.36. The molecule has 0 unspecified atom stereocenters. The fraction of sp³-hybridized carbons (Fsp3) is 0.353. The molecule has 110 valence electrons. The topological polar surface area (TPSA) is 50.4 Å². The lowest BCUT2D eigenvalue weighted by atomic mass is 10.1. The van der Waals surface area contributed by atoms with Gasteiger partial charge in [-0.2, -0.15) is 0 Å². The Bertz CT molecular complexity index is 616. The highest BCUT2D eigenvalue weighted by Crippen LogP contribution is 2.24. The van der Waals surface area contributed by atoms with Crippen LogP contribution < -0.4 is 15.4 Å². The molecule has 21 heavy (non-hydrogen) atoms. The van der Waals surface area contributed by atoms with E-state index in [1.165, 1.54) is 0 Å². The lowest BCUT2D eigenvalue weighted by Gasteiger charge is -2.23. The van der Waals surface area contributed by atoms with Gasteiger partial charge in [-0.25, -0.2) is 0 Å². The fourth-order valence-electron chi connectivity index (χ4n) is 2.70. The number of hydrogen-bond donors (Lipinski definition) is 2. The molecule has 0 aliphatic carbocycles. The number of ether oxygens (including phenoxy) is 1. The summed E-state index contributed by atoms with van der Waals surface area (Å²) in [6.45, 7) is 2.00. The molecule has 3 rings (SSSR count). The monoisotopic (exact) mass is 284 g/mol. The van der Waals surface area contributed by atoms with Gasteiger partial charge in [-0.15, -0.1) is 0 Å². The van der Waals surface area contributed by atoms with Crippen LogP contribution in [0, 0.1) is 0 Å². The average Bonchev–Trinajstić information content (AvgIpc) is 2.54.